The zero-order chi connectivity index (χ0) is 20.7. The van der Waals surface area contributed by atoms with E-state index in [0.717, 1.165) is 22.5 Å². The third-order valence-electron chi connectivity index (χ3n) is 4.77. The Morgan fingerprint density at radius 1 is 0.967 bits per heavy atom. The number of nitrogens with zero attached hydrogens (tertiary/aromatic N) is 6. The zero-order valence-electron chi connectivity index (χ0n) is 15.9. The van der Waals surface area contributed by atoms with E-state index in [2.05, 4.69) is 20.1 Å². The number of nitrogens with two attached hydrogens (primary N) is 1. The van der Waals surface area contributed by atoms with Crippen molar-refractivity contribution in [3.8, 4) is 34.1 Å². The number of anilines is 1. The van der Waals surface area contributed by atoms with E-state index in [0.29, 0.717) is 17.3 Å². The second-order valence-electron chi connectivity index (χ2n) is 6.58. The van der Waals surface area contributed by atoms with Crippen molar-refractivity contribution in [2.24, 2.45) is 0 Å². The van der Waals surface area contributed by atoms with Crippen LogP contribution in [0.4, 0.5) is 10.2 Å². The van der Waals surface area contributed by atoms with Gasteiger partial charge >= 0.3 is 0 Å². The van der Waals surface area contributed by atoms with Crippen LogP contribution in [-0.4, -0.2) is 36.2 Å². The number of rotatable bonds is 4. The van der Waals surface area contributed by atoms with E-state index in [1.807, 2.05) is 28.8 Å². The van der Waals surface area contributed by atoms with Crippen molar-refractivity contribution in [3.63, 3.8) is 0 Å². The van der Waals surface area contributed by atoms with E-state index in [1.165, 1.54) is 19.5 Å². The fourth-order valence-corrected chi connectivity index (χ4v) is 3.29. The lowest BCUT2D eigenvalue weighted by Gasteiger charge is -2.09. The van der Waals surface area contributed by atoms with Crippen molar-refractivity contribution in [1.82, 2.24) is 29.1 Å². The smallest absolute Gasteiger partial charge is 0.165 e. The highest BCUT2D eigenvalue weighted by Gasteiger charge is 2.14. The third-order valence-corrected chi connectivity index (χ3v) is 4.77. The molecule has 5 aromatic rings. The number of benzene rings is 1. The summed E-state index contributed by atoms with van der Waals surface area (Å²) in [6.45, 7) is 0. The Balaban J connectivity index is 1.62. The van der Waals surface area contributed by atoms with Crippen LogP contribution in [0.5, 0.6) is 5.75 Å². The van der Waals surface area contributed by atoms with Gasteiger partial charge in [-0.05, 0) is 36.4 Å². The lowest BCUT2D eigenvalue weighted by molar-refractivity contribution is 0.386. The van der Waals surface area contributed by atoms with Gasteiger partial charge in [-0.25, -0.2) is 24.0 Å². The lowest BCUT2D eigenvalue weighted by Crippen LogP contribution is -2.02. The summed E-state index contributed by atoms with van der Waals surface area (Å²) >= 11 is 0. The summed E-state index contributed by atoms with van der Waals surface area (Å²) in [6.07, 6.45) is 6.87. The first-order chi connectivity index (χ1) is 14.6. The monoisotopic (exact) mass is 401 g/mol. The van der Waals surface area contributed by atoms with E-state index in [4.69, 9.17) is 10.5 Å². The van der Waals surface area contributed by atoms with E-state index in [1.54, 1.807) is 35.3 Å². The Hall–Kier alpha value is -4.27. The molecule has 0 unspecified atom stereocenters. The number of methoxy groups -OCH3 is 1. The Morgan fingerprint density at radius 3 is 2.63 bits per heavy atom. The first-order valence-corrected chi connectivity index (χ1v) is 9.07. The van der Waals surface area contributed by atoms with Crippen LogP contribution < -0.4 is 10.5 Å². The normalized spacial score (nSPS) is 11.1. The maximum atomic E-state index is 13.8. The average molecular weight is 401 g/mol. The van der Waals surface area contributed by atoms with Crippen LogP contribution in [-0.2, 0) is 0 Å². The van der Waals surface area contributed by atoms with Gasteiger partial charge in [0, 0.05) is 29.6 Å². The second kappa shape index (κ2) is 6.96. The van der Waals surface area contributed by atoms with Crippen molar-refractivity contribution < 1.29 is 9.13 Å². The maximum absolute atomic E-state index is 13.8. The molecule has 30 heavy (non-hydrogen) atoms. The second-order valence-corrected chi connectivity index (χ2v) is 6.58. The molecule has 1 aromatic carbocycles. The number of imidazole rings is 1. The van der Waals surface area contributed by atoms with E-state index in [9.17, 15) is 4.39 Å². The molecule has 0 amide bonds. The number of ether oxygens (including phenoxy) is 1. The summed E-state index contributed by atoms with van der Waals surface area (Å²) in [5.74, 6) is 0.748. The zero-order valence-corrected chi connectivity index (χ0v) is 15.9. The van der Waals surface area contributed by atoms with Crippen molar-refractivity contribution in [1.29, 1.82) is 0 Å². The molecule has 0 radical (unpaired) electrons. The summed E-state index contributed by atoms with van der Waals surface area (Å²) in [6, 6.07) is 12.0. The minimum atomic E-state index is -0.440. The topological polar surface area (TPSA) is 96.1 Å². The highest BCUT2D eigenvalue weighted by Crippen LogP contribution is 2.27. The van der Waals surface area contributed by atoms with Crippen molar-refractivity contribution in [2.45, 2.75) is 0 Å². The summed E-state index contributed by atoms with van der Waals surface area (Å²) in [5.41, 5.74) is 9.68. The van der Waals surface area contributed by atoms with Crippen LogP contribution in [0.25, 0.3) is 34.0 Å². The van der Waals surface area contributed by atoms with Gasteiger partial charge in [-0.2, -0.15) is 5.10 Å². The van der Waals surface area contributed by atoms with Crippen LogP contribution in [0.2, 0.25) is 0 Å². The van der Waals surface area contributed by atoms with Gasteiger partial charge in [-0.15, -0.1) is 0 Å². The summed E-state index contributed by atoms with van der Waals surface area (Å²) in [4.78, 5) is 13.0. The first kappa shape index (κ1) is 17.8. The summed E-state index contributed by atoms with van der Waals surface area (Å²) in [7, 11) is 1.42. The molecule has 0 aliphatic heterocycles. The highest BCUT2D eigenvalue weighted by atomic mass is 19.1. The van der Waals surface area contributed by atoms with Gasteiger partial charge in [-0.1, -0.05) is 0 Å². The molecule has 0 saturated heterocycles. The first-order valence-electron chi connectivity index (χ1n) is 9.07. The molecule has 0 saturated carbocycles. The van der Waals surface area contributed by atoms with Gasteiger partial charge in [0.1, 0.15) is 17.8 Å². The molecule has 0 aliphatic rings. The molecule has 9 heteroatoms. The molecule has 0 bridgehead atoms. The predicted octanol–water partition coefficient (Wildman–Crippen LogP) is 3.37. The molecule has 0 aliphatic carbocycles. The summed E-state index contributed by atoms with van der Waals surface area (Å²) < 4.78 is 22.5. The molecule has 0 fully saturated rings. The lowest BCUT2D eigenvalue weighted by atomic mass is 10.2. The molecule has 8 nitrogen and oxygen atoms in total. The predicted molar refractivity (Wildman–Crippen MR) is 110 cm³/mol. The molecule has 4 aromatic heterocycles. The standard InChI is InChI=1S/C21H16FN7O/c1-30-18-8-15(4-5-16(18)22)29-21(26-12-27-29)14-3-7-20-25-10-17(28(20)11-14)13-2-6-19(23)24-9-13/h2-12H,1H3,(H2,23,24). The molecule has 148 valence electrons. The fourth-order valence-electron chi connectivity index (χ4n) is 3.29. The van der Waals surface area contributed by atoms with Crippen molar-refractivity contribution in [2.75, 3.05) is 12.8 Å². The highest BCUT2D eigenvalue weighted by molar-refractivity contribution is 5.67. The SMILES string of the molecule is COc1cc(-n2ncnc2-c2ccc3ncc(-c4ccc(N)nc4)n3c2)ccc1F. The average Bonchev–Trinajstić information content (AvgIpc) is 3.41. The fraction of sp³-hybridized carbons (Fsp3) is 0.0476. The quantitative estimate of drug-likeness (QED) is 0.496. The van der Waals surface area contributed by atoms with E-state index in [-0.39, 0.29) is 5.75 Å². The van der Waals surface area contributed by atoms with E-state index < -0.39 is 5.82 Å². The number of nitrogen functional groups attached to an aromatic ring is 1. The Bertz CT molecular complexity index is 1360. The van der Waals surface area contributed by atoms with Gasteiger partial charge in [0.05, 0.1) is 24.7 Å². The molecule has 0 atom stereocenters. The van der Waals surface area contributed by atoms with Gasteiger partial charge in [0.15, 0.2) is 17.4 Å². The van der Waals surface area contributed by atoms with Gasteiger partial charge in [0.25, 0.3) is 0 Å². The minimum Gasteiger partial charge on any atom is -0.494 e. The molecule has 2 N–H and O–H groups in total. The van der Waals surface area contributed by atoms with Crippen molar-refractivity contribution >= 4 is 11.5 Å². The number of fused-ring (bicyclic) bond motifs is 1. The number of aromatic nitrogens is 6. The van der Waals surface area contributed by atoms with Crippen LogP contribution in [0.3, 0.4) is 0 Å². The molecular formula is C21H16FN7O. The van der Waals surface area contributed by atoms with Crippen LogP contribution in [0.15, 0.2) is 67.4 Å². The Morgan fingerprint density at radius 2 is 1.83 bits per heavy atom. The Kier molecular flexibility index (Phi) is 4.13. The van der Waals surface area contributed by atoms with Gasteiger partial charge < -0.3 is 10.5 Å². The number of pyridine rings is 2. The Labute approximate surface area is 170 Å². The summed E-state index contributed by atoms with van der Waals surface area (Å²) in [5, 5.41) is 4.30. The largest absolute Gasteiger partial charge is 0.494 e. The van der Waals surface area contributed by atoms with Crippen LogP contribution in [0, 0.1) is 5.82 Å². The van der Waals surface area contributed by atoms with Gasteiger partial charge in [0.2, 0.25) is 0 Å². The number of hydrogen-bond donors (Lipinski definition) is 1. The third kappa shape index (κ3) is 2.93. The molecule has 0 spiro atoms. The van der Waals surface area contributed by atoms with Crippen molar-refractivity contribution in [3.05, 3.63) is 73.2 Å². The van der Waals surface area contributed by atoms with Gasteiger partial charge in [-0.3, -0.25) is 4.40 Å². The molecule has 5 rings (SSSR count). The van der Waals surface area contributed by atoms with Crippen LogP contribution in [0.1, 0.15) is 0 Å². The van der Waals surface area contributed by atoms with E-state index >= 15 is 0 Å². The molecular weight excluding hydrogens is 385 g/mol. The number of hydrogen-bond acceptors (Lipinski definition) is 6. The molecule has 4 heterocycles. The maximum Gasteiger partial charge on any atom is 0.165 e. The number of halogens is 1. The minimum absolute atomic E-state index is 0.136. The van der Waals surface area contributed by atoms with Crippen LogP contribution >= 0.6 is 0 Å².